The number of anilines is 1. The molecule has 0 saturated carbocycles. The predicted molar refractivity (Wildman–Crippen MR) is 71.5 cm³/mol. The molecule has 2 aromatic rings. The topological polar surface area (TPSA) is 55.2 Å². The minimum Gasteiger partial charge on any atom is -0.378 e. The van der Waals surface area contributed by atoms with Crippen molar-refractivity contribution in [3.05, 3.63) is 69.3 Å². The molecule has 0 heterocycles. The molecule has 0 aliphatic rings. The van der Waals surface area contributed by atoms with Gasteiger partial charge in [-0.3, -0.25) is 10.1 Å². The molecule has 0 aromatic heterocycles. The lowest BCUT2D eigenvalue weighted by molar-refractivity contribution is -0.384. The second-order valence-electron chi connectivity index (χ2n) is 4.35. The third-order valence-electron chi connectivity index (χ3n) is 2.94. The van der Waals surface area contributed by atoms with Crippen molar-refractivity contribution in [1.29, 1.82) is 0 Å². The first-order valence-electron chi connectivity index (χ1n) is 5.90. The van der Waals surface area contributed by atoms with E-state index >= 15 is 0 Å². The molecule has 1 N–H and O–H groups in total. The average Bonchev–Trinajstić information content (AvgIpc) is 2.41. The van der Waals surface area contributed by atoms with E-state index in [2.05, 4.69) is 5.32 Å². The number of aryl methyl sites for hydroxylation is 1. The molecule has 20 heavy (non-hydrogen) atoms. The van der Waals surface area contributed by atoms with Crippen molar-refractivity contribution in [3.63, 3.8) is 0 Å². The highest BCUT2D eigenvalue weighted by Gasteiger charge is 2.11. The SMILES string of the molecule is Cc1ccc(F)cc1CNc1cc([N+](=O)[O-])ccc1F. The fourth-order valence-electron chi connectivity index (χ4n) is 1.78. The zero-order valence-corrected chi connectivity index (χ0v) is 10.7. The normalized spacial score (nSPS) is 10.3. The van der Waals surface area contributed by atoms with Gasteiger partial charge in [0.1, 0.15) is 11.6 Å². The van der Waals surface area contributed by atoms with Gasteiger partial charge in [-0.15, -0.1) is 0 Å². The van der Waals surface area contributed by atoms with Crippen molar-refractivity contribution in [3.8, 4) is 0 Å². The fourth-order valence-corrected chi connectivity index (χ4v) is 1.78. The van der Waals surface area contributed by atoms with Gasteiger partial charge >= 0.3 is 0 Å². The monoisotopic (exact) mass is 278 g/mol. The molecular formula is C14H12F2N2O2. The lowest BCUT2D eigenvalue weighted by atomic mass is 10.1. The Bertz CT molecular complexity index is 660. The van der Waals surface area contributed by atoms with E-state index in [1.54, 1.807) is 13.0 Å². The van der Waals surface area contributed by atoms with Crippen molar-refractivity contribution < 1.29 is 13.7 Å². The first-order valence-corrected chi connectivity index (χ1v) is 5.90. The van der Waals surface area contributed by atoms with Gasteiger partial charge in [0.25, 0.3) is 5.69 Å². The van der Waals surface area contributed by atoms with Crippen LogP contribution in [0.5, 0.6) is 0 Å². The van der Waals surface area contributed by atoms with Crippen molar-refractivity contribution in [1.82, 2.24) is 0 Å². The summed E-state index contributed by atoms with van der Waals surface area (Å²) < 4.78 is 26.7. The maximum atomic E-state index is 13.6. The van der Waals surface area contributed by atoms with Crippen LogP contribution in [0.25, 0.3) is 0 Å². The molecule has 0 unspecified atom stereocenters. The van der Waals surface area contributed by atoms with Gasteiger partial charge in [-0.1, -0.05) is 6.07 Å². The van der Waals surface area contributed by atoms with Gasteiger partial charge in [0, 0.05) is 18.7 Å². The Morgan fingerprint density at radius 1 is 1.20 bits per heavy atom. The predicted octanol–water partition coefficient (Wildman–Crippen LogP) is 3.79. The van der Waals surface area contributed by atoms with E-state index in [0.29, 0.717) is 5.56 Å². The highest BCUT2D eigenvalue weighted by Crippen LogP contribution is 2.22. The van der Waals surface area contributed by atoms with Crippen LogP contribution in [-0.2, 0) is 6.54 Å². The Morgan fingerprint density at radius 2 is 1.95 bits per heavy atom. The molecule has 0 saturated heterocycles. The van der Waals surface area contributed by atoms with Crippen LogP contribution in [-0.4, -0.2) is 4.92 Å². The van der Waals surface area contributed by atoms with E-state index in [0.717, 1.165) is 23.8 Å². The molecule has 0 aliphatic heterocycles. The molecule has 6 heteroatoms. The van der Waals surface area contributed by atoms with E-state index in [4.69, 9.17) is 0 Å². The molecule has 0 radical (unpaired) electrons. The lowest BCUT2D eigenvalue weighted by Crippen LogP contribution is -2.04. The van der Waals surface area contributed by atoms with Crippen LogP contribution in [0.3, 0.4) is 0 Å². The summed E-state index contributed by atoms with van der Waals surface area (Å²) >= 11 is 0. The molecule has 0 spiro atoms. The first kappa shape index (κ1) is 13.9. The molecule has 2 rings (SSSR count). The minimum atomic E-state index is -0.599. The molecule has 0 bridgehead atoms. The van der Waals surface area contributed by atoms with E-state index in [-0.39, 0.29) is 23.7 Å². The van der Waals surface area contributed by atoms with Crippen LogP contribution in [0.1, 0.15) is 11.1 Å². The number of nitrogens with zero attached hydrogens (tertiary/aromatic N) is 1. The zero-order chi connectivity index (χ0) is 14.7. The molecule has 0 amide bonds. The summed E-state index contributed by atoms with van der Waals surface area (Å²) in [6.07, 6.45) is 0. The summed E-state index contributed by atoms with van der Waals surface area (Å²) in [6.45, 7) is 1.99. The van der Waals surface area contributed by atoms with Crippen LogP contribution in [0.2, 0.25) is 0 Å². The van der Waals surface area contributed by atoms with Crippen LogP contribution >= 0.6 is 0 Å². The van der Waals surface area contributed by atoms with E-state index in [1.807, 2.05) is 0 Å². The Morgan fingerprint density at radius 3 is 2.65 bits per heavy atom. The second kappa shape index (κ2) is 5.64. The number of halogens is 2. The van der Waals surface area contributed by atoms with Gasteiger partial charge in [-0.2, -0.15) is 0 Å². The smallest absolute Gasteiger partial charge is 0.271 e. The van der Waals surface area contributed by atoms with Crippen molar-refractivity contribution in [2.75, 3.05) is 5.32 Å². The largest absolute Gasteiger partial charge is 0.378 e. The van der Waals surface area contributed by atoms with Crippen LogP contribution in [0, 0.1) is 28.7 Å². The van der Waals surface area contributed by atoms with E-state index in [9.17, 15) is 18.9 Å². The summed E-state index contributed by atoms with van der Waals surface area (Å²) in [5, 5.41) is 13.4. The van der Waals surface area contributed by atoms with Gasteiger partial charge in [0.15, 0.2) is 0 Å². The summed E-state index contributed by atoms with van der Waals surface area (Å²) in [4.78, 5) is 10.0. The van der Waals surface area contributed by atoms with Crippen LogP contribution < -0.4 is 5.32 Å². The second-order valence-corrected chi connectivity index (χ2v) is 4.35. The number of hydrogen-bond donors (Lipinski definition) is 1. The molecule has 2 aromatic carbocycles. The number of benzene rings is 2. The average molecular weight is 278 g/mol. The Labute approximate surface area is 114 Å². The number of nitro benzene ring substituents is 1. The first-order chi connectivity index (χ1) is 9.47. The van der Waals surface area contributed by atoms with Crippen LogP contribution in [0.15, 0.2) is 36.4 Å². The highest BCUT2D eigenvalue weighted by atomic mass is 19.1. The Balaban J connectivity index is 2.20. The maximum absolute atomic E-state index is 13.6. The van der Waals surface area contributed by atoms with E-state index < -0.39 is 10.7 Å². The van der Waals surface area contributed by atoms with Gasteiger partial charge in [0.2, 0.25) is 0 Å². The zero-order valence-electron chi connectivity index (χ0n) is 10.7. The van der Waals surface area contributed by atoms with Gasteiger partial charge in [-0.05, 0) is 36.2 Å². The number of non-ortho nitro benzene ring substituents is 1. The van der Waals surface area contributed by atoms with Crippen molar-refractivity contribution in [2.24, 2.45) is 0 Å². The highest BCUT2D eigenvalue weighted by molar-refractivity contribution is 5.52. The van der Waals surface area contributed by atoms with Gasteiger partial charge in [-0.25, -0.2) is 8.78 Å². The van der Waals surface area contributed by atoms with Crippen molar-refractivity contribution >= 4 is 11.4 Å². The number of nitrogens with one attached hydrogen (secondary N) is 1. The number of rotatable bonds is 4. The summed E-state index contributed by atoms with van der Waals surface area (Å²) in [6, 6.07) is 7.54. The summed E-state index contributed by atoms with van der Waals surface area (Å²) in [5.41, 5.74) is 1.33. The molecule has 104 valence electrons. The van der Waals surface area contributed by atoms with Gasteiger partial charge in [0.05, 0.1) is 10.6 Å². The molecule has 0 aliphatic carbocycles. The third-order valence-corrected chi connectivity index (χ3v) is 2.94. The molecule has 4 nitrogen and oxygen atoms in total. The minimum absolute atomic E-state index is 0.0165. The molecular weight excluding hydrogens is 266 g/mol. The van der Waals surface area contributed by atoms with Crippen molar-refractivity contribution in [2.45, 2.75) is 13.5 Å². The fraction of sp³-hybridized carbons (Fsp3) is 0.143. The quantitative estimate of drug-likeness (QED) is 0.683. The summed E-state index contributed by atoms with van der Waals surface area (Å²) in [5.74, 6) is -0.975. The molecule has 0 fully saturated rings. The summed E-state index contributed by atoms with van der Waals surface area (Å²) in [7, 11) is 0. The Hall–Kier alpha value is -2.50. The Kier molecular flexibility index (Phi) is 3.93. The van der Waals surface area contributed by atoms with E-state index in [1.165, 1.54) is 12.1 Å². The maximum Gasteiger partial charge on any atom is 0.271 e. The molecule has 0 atom stereocenters. The number of hydrogen-bond acceptors (Lipinski definition) is 3. The standard InChI is InChI=1S/C14H12F2N2O2/c1-9-2-3-11(15)6-10(9)8-17-14-7-12(18(19)20)4-5-13(14)16/h2-7,17H,8H2,1H3. The van der Waals surface area contributed by atoms with Gasteiger partial charge < -0.3 is 5.32 Å². The third kappa shape index (κ3) is 3.09. The number of nitro groups is 1. The van der Waals surface area contributed by atoms with Crippen LogP contribution in [0.4, 0.5) is 20.2 Å². The lowest BCUT2D eigenvalue weighted by Gasteiger charge is -2.10.